The van der Waals surface area contributed by atoms with Gasteiger partial charge in [0.15, 0.2) is 0 Å². The number of nitrogens with two attached hydrogens (primary N) is 1. The van der Waals surface area contributed by atoms with Gasteiger partial charge in [0.25, 0.3) is 10.2 Å². The summed E-state index contributed by atoms with van der Waals surface area (Å²) in [5.74, 6) is -2.27. The van der Waals surface area contributed by atoms with Crippen molar-refractivity contribution >= 4 is 16.2 Å². The third-order valence-electron chi connectivity index (χ3n) is 2.59. The van der Waals surface area contributed by atoms with E-state index >= 15 is 0 Å². The van der Waals surface area contributed by atoms with Gasteiger partial charge in [-0.1, -0.05) is 6.92 Å². The second-order valence-corrected chi connectivity index (χ2v) is 6.05. The van der Waals surface area contributed by atoms with Crippen molar-refractivity contribution in [2.75, 3.05) is 19.6 Å². The van der Waals surface area contributed by atoms with Crippen LogP contribution < -0.4 is 9.86 Å². The van der Waals surface area contributed by atoms with E-state index in [2.05, 4.69) is 9.56 Å². The van der Waals surface area contributed by atoms with E-state index in [4.69, 9.17) is 5.14 Å². The molecule has 0 saturated carbocycles. The average molecular weight is 305 g/mol. The number of carbonyl (C=O) groups excluding carboxylic acids is 1. The molecule has 7 nitrogen and oxygen atoms in total. The third-order valence-corrected chi connectivity index (χ3v) is 3.20. The molecule has 3 N–H and O–H groups in total. The van der Waals surface area contributed by atoms with Gasteiger partial charge in [-0.25, -0.2) is 14.7 Å². The molecule has 0 atom stereocenters. The molecule has 1 heterocycles. The van der Waals surface area contributed by atoms with E-state index in [1.54, 1.807) is 6.92 Å². The van der Waals surface area contributed by atoms with Crippen molar-refractivity contribution in [2.45, 2.75) is 19.5 Å². The molecule has 1 rings (SSSR count). The molecule has 0 radical (unpaired) electrons. The van der Waals surface area contributed by atoms with Gasteiger partial charge in [0.2, 0.25) is 0 Å². The zero-order chi connectivity index (χ0) is 14.9. The molecule has 11 heteroatoms. The number of halogens is 3. The molecule has 0 aromatic carbocycles. The van der Waals surface area contributed by atoms with Crippen LogP contribution in [0.25, 0.3) is 0 Å². The SMILES string of the molecule is CC1(CCNS(N)(=O)=O)CN(OC(=O)C(F)(F)F)C1. The Balaban J connectivity index is 2.30. The van der Waals surface area contributed by atoms with Crippen LogP contribution in [0, 0.1) is 5.41 Å². The topological polar surface area (TPSA) is 102 Å². The zero-order valence-corrected chi connectivity index (χ0v) is 10.8. The van der Waals surface area contributed by atoms with E-state index in [0.717, 1.165) is 5.06 Å². The smallest absolute Gasteiger partial charge is 0.361 e. The Kier molecular flexibility index (Phi) is 4.44. The number of rotatable bonds is 5. The predicted molar refractivity (Wildman–Crippen MR) is 57.6 cm³/mol. The highest BCUT2D eigenvalue weighted by molar-refractivity contribution is 7.87. The third kappa shape index (κ3) is 5.30. The van der Waals surface area contributed by atoms with E-state index in [1.807, 2.05) is 0 Å². The molecule has 0 aromatic rings. The van der Waals surface area contributed by atoms with Crippen molar-refractivity contribution in [3.63, 3.8) is 0 Å². The van der Waals surface area contributed by atoms with Gasteiger partial charge in [0.05, 0.1) is 0 Å². The minimum atomic E-state index is -5.03. The molecule has 1 saturated heterocycles. The van der Waals surface area contributed by atoms with Crippen molar-refractivity contribution in [2.24, 2.45) is 10.6 Å². The van der Waals surface area contributed by atoms with Crippen molar-refractivity contribution in [1.29, 1.82) is 0 Å². The average Bonchev–Trinajstić information content (AvgIpc) is 2.11. The summed E-state index contributed by atoms with van der Waals surface area (Å²) in [6, 6.07) is 0. The standard InChI is InChI=1S/C8H14F3N3O4S/c1-7(2-3-13-19(12,16)17)4-14(5-7)18-6(15)8(9,10)11/h13H,2-5H2,1H3,(H2,12,16,17). The summed E-state index contributed by atoms with van der Waals surface area (Å²) >= 11 is 0. The molecule has 0 aliphatic carbocycles. The molecular formula is C8H14F3N3O4S. The minimum absolute atomic E-state index is 0.0659. The van der Waals surface area contributed by atoms with Crippen LogP contribution in [0.5, 0.6) is 0 Å². The number of carbonyl (C=O) groups is 1. The van der Waals surface area contributed by atoms with Gasteiger partial charge in [0, 0.05) is 25.0 Å². The lowest BCUT2D eigenvalue weighted by molar-refractivity contribution is -0.270. The summed E-state index contributed by atoms with van der Waals surface area (Å²) in [6.45, 7) is 1.99. The minimum Gasteiger partial charge on any atom is -0.361 e. The lowest BCUT2D eigenvalue weighted by atomic mass is 9.80. The molecule has 1 fully saturated rings. The second kappa shape index (κ2) is 5.23. The maximum absolute atomic E-state index is 11.9. The van der Waals surface area contributed by atoms with Crippen LogP contribution in [0.3, 0.4) is 0 Å². The first-order chi connectivity index (χ1) is 8.41. The summed E-state index contributed by atoms with van der Waals surface area (Å²) in [5.41, 5.74) is -0.427. The number of hydrogen-bond donors (Lipinski definition) is 2. The van der Waals surface area contributed by atoms with Gasteiger partial charge in [-0.3, -0.25) is 0 Å². The normalized spacial score (nSPS) is 19.8. The van der Waals surface area contributed by atoms with Crippen molar-refractivity contribution in [1.82, 2.24) is 9.79 Å². The van der Waals surface area contributed by atoms with Crippen LogP contribution >= 0.6 is 0 Å². The first kappa shape index (κ1) is 16.1. The van der Waals surface area contributed by atoms with Crippen LogP contribution in [0.2, 0.25) is 0 Å². The van der Waals surface area contributed by atoms with E-state index in [9.17, 15) is 26.4 Å². The number of alkyl halides is 3. The maximum atomic E-state index is 11.9. The van der Waals surface area contributed by atoms with Gasteiger partial charge >= 0.3 is 12.1 Å². The molecule has 0 amide bonds. The fraction of sp³-hybridized carbons (Fsp3) is 0.875. The summed E-state index contributed by atoms with van der Waals surface area (Å²) in [6.07, 6.45) is -4.66. The van der Waals surface area contributed by atoms with Gasteiger partial charge in [-0.2, -0.15) is 21.6 Å². The second-order valence-electron chi connectivity index (χ2n) is 4.67. The molecule has 1 aliphatic rings. The molecule has 1 aliphatic heterocycles. The number of hydroxylamine groups is 2. The molecule has 0 aromatic heterocycles. The van der Waals surface area contributed by atoms with Gasteiger partial charge in [-0.05, 0) is 6.42 Å². The highest BCUT2D eigenvalue weighted by atomic mass is 32.2. The van der Waals surface area contributed by atoms with Crippen molar-refractivity contribution < 1.29 is 31.2 Å². The Morgan fingerprint density at radius 1 is 1.47 bits per heavy atom. The summed E-state index contributed by atoms with van der Waals surface area (Å²) in [5, 5.41) is 5.60. The van der Waals surface area contributed by atoms with Gasteiger partial charge < -0.3 is 4.84 Å². The van der Waals surface area contributed by atoms with Crippen molar-refractivity contribution in [3.8, 4) is 0 Å². The van der Waals surface area contributed by atoms with Crippen LogP contribution in [-0.4, -0.2) is 45.3 Å². The predicted octanol–water partition coefficient (Wildman–Crippen LogP) is -0.488. The first-order valence-electron chi connectivity index (χ1n) is 5.23. The highest BCUT2D eigenvalue weighted by Crippen LogP contribution is 2.34. The van der Waals surface area contributed by atoms with Crippen LogP contribution in [-0.2, 0) is 19.8 Å². The Bertz CT molecular complexity index is 445. The van der Waals surface area contributed by atoms with E-state index in [-0.39, 0.29) is 19.6 Å². The fourth-order valence-electron chi connectivity index (χ4n) is 1.69. The van der Waals surface area contributed by atoms with Crippen LogP contribution in [0.4, 0.5) is 13.2 Å². The Hall–Kier alpha value is -0.910. The Morgan fingerprint density at radius 3 is 2.42 bits per heavy atom. The number of nitrogens with one attached hydrogen (secondary N) is 1. The Morgan fingerprint density at radius 2 is 2.00 bits per heavy atom. The lowest BCUT2D eigenvalue weighted by Gasteiger charge is -2.46. The fourth-order valence-corrected chi connectivity index (χ4v) is 2.08. The molecule has 19 heavy (non-hydrogen) atoms. The highest BCUT2D eigenvalue weighted by Gasteiger charge is 2.47. The van der Waals surface area contributed by atoms with Crippen LogP contribution in [0.1, 0.15) is 13.3 Å². The first-order valence-corrected chi connectivity index (χ1v) is 6.77. The number of nitrogens with zero attached hydrogens (tertiary/aromatic N) is 1. The zero-order valence-electron chi connectivity index (χ0n) is 10.0. The molecule has 0 spiro atoms. The van der Waals surface area contributed by atoms with Crippen LogP contribution in [0.15, 0.2) is 0 Å². The van der Waals surface area contributed by atoms with Gasteiger partial charge in [-0.15, -0.1) is 5.06 Å². The summed E-state index contributed by atoms with van der Waals surface area (Å²) in [4.78, 5) is 14.6. The van der Waals surface area contributed by atoms with Crippen molar-refractivity contribution in [3.05, 3.63) is 0 Å². The molecule has 0 unspecified atom stereocenters. The molecule has 112 valence electrons. The largest absolute Gasteiger partial charge is 0.492 e. The quantitative estimate of drug-likeness (QED) is 0.714. The monoisotopic (exact) mass is 305 g/mol. The van der Waals surface area contributed by atoms with E-state index in [0.29, 0.717) is 6.42 Å². The molecular weight excluding hydrogens is 291 g/mol. The maximum Gasteiger partial charge on any atom is 0.492 e. The Labute approximate surface area is 108 Å². The van der Waals surface area contributed by atoms with Gasteiger partial charge in [0.1, 0.15) is 0 Å². The molecule has 0 bridgehead atoms. The summed E-state index contributed by atoms with van der Waals surface area (Å²) in [7, 11) is -3.78. The lowest BCUT2D eigenvalue weighted by Crippen LogP contribution is -2.56. The van der Waals surface area contributed by atoms with E-state index < -0.39 is 27.8 Å². The van der Waals surface area contributed by atoms with E-state index in [1.165, 1.54) is 0 Å². The summed E-state index contributed by atoms with van der Waals surface area (Å²) < 4.78 is 59.0. The number of hydrogen-bond acceptors (Lipinski definition) is 5.